The summed E-state index contributed by atoms with van der Waals surface area (Å²) >= 11 is 0. The maximum Gasteiger partial charge on any atom is 0.0824 e. The summed E-state index contributed by atoms with van der Waals surface area (Å²) in [4.78, 5) is 2.40. The van der Waals surface area contributed by atoms with Gasteiger partial charge in [-0.2, -0.15) is 0 Å². The van der Waals surface area contributed by atoms with Gasteiger partial charge in [-0.15, -0.1) is 0 Å². The molecule has 0 unspecified atom stereocenters. The molecular weight excluding hydrogens is 188 g/mol. The lowest BCUT2D eigenvalue weighted by Gasteiger charge is -2.32. The van der Waals surface area contributed by atoms with Crippen molar-refractivity contribution in [3.63, 3.8) is 0 Å². The Morgan fingerprint density at radius 1 is 1.33 bits per heavy atom. The van der Waals surface area contributed by atoms with Gasteiger partial charge in [0.2, 0.25) is 0 Å². The molecule has 1 fully saturated rings. The number of morpholine rings is 1. The van der Waals surface area contributed by atoms with Crippen LogP contribution >= 0.6 is 0 Å². The monoisotopic (exact) mass is 206 g/mol. The van der Waals surface area contributed by atoms with Crippen LogP contribution in [0.1, 0.15) is 5.56 Å². The molecule has 0 bridgehead atoms. The molecule has 0 saturated carbocycles. The second-order valence-electron chi connectivity index (χ2n) is 3.95. The normalized spacial score (nSPS) is 22.9. The highest BCUT2D eigenvalue weighted by Gasteiger charge is 2.18. The average molecular weight is 206 g/mol. The van der Waals surface area contributed by atoms with Crippen LogP contribution in [-0.2, 0) is 11.3 Å². The molecule has 2 rings (SSSR count). The zero-order valence-electron chi connectivity index (χ0n) is 8.93. The Morgan fingerprint density at radius 3 is 2.87 bits per heavy atom. The van der Waals surface area contributed by atoms with E-state index in [2.05, 4.69) is 29.2 Å². The fourth-order valence-corrected chi connectivity index (χ4v) is 1.91. The van der Waals surface area contributed by atoms with Crippen molar-refractivity contribution in [1.29, 1.82) is 0 Å². The first kappa shape index (κ1) is 10.6. The Bertz CT molecular complexity index is 289. The molecule has 15 heavy (non-hydrogen) atoms. The molecule has 3 heteroatoms. The molecule has 3 nitrogen and oxygen atoms in total. The molecular formula is C12H18N2O. The van der Waals surface area contributed by atoms with Gasteiger partial charge >= 0.3 is 0 Å². The third-order valence-corrected chi connectivity index (χ3v) is 2.73. The highest BCUT2D eigenvalue weighted by molar-refractivity contribution is 5.14. The third kappa shape index (κ3) is 3.02. The fraction of sp³-hybridized carbons (Fsp3) is 0.500. The molecule has 1 aromatic rings. The van der Waals surface area contributed by atoms with Gasteiger partial charge in [-0.3, -0.25) is 4.90 Å². The third-order valence-electron chi connectivity index (χ3n) is 2.73. The predicted octanol–water partition coefficient (Wildman–Crippen LogP) is 0.846. The smallest absolute Gasteiger partial charge is 0.0824 e. The van der Waals surface area contributed by atoms with Crippen LogP contribution in [0.4, 0.5) is 0 Å². The van der Waals surface area contributed by atoms with Gasteiger partial charge in [-0.05, 0) is 5.56 Å². The highest BCUT2D eigenvalue weighted by Crippen LogP contribution is 2.09. The summed E-state index contributed by atoms with van der Waals surface area (Å²) in [7, 11) is 0. The van der Waals surface area contributed by atoms with Crippen LogP contribution in [-0.4, -0.2) is 37.2 Å². The van der Waals surface area contributed by atoms with E-state index in [0.717, 1.165) is 26.2 Å². The van der Waals surface area contributed by atoms with Gasteiger partial charge in [-0.25, -0.2) is 0 Å². The minimum Gasteiger partial charge on any atom is -0.374 e. The van der Waals surface area contributed by atoms with Gasteiger partial charge in [0, 0.05) is 26.2 Å². The van der Waals surface area contributed by atoms with Crippen molar-refractivity contribution in [1.82, 2.24) is 4.90 Å². The number of nitrogens with zero attached hydrogens (tertiary/aromatic N) is 1. The van der Waals surface area contributed by atoms with Gasteiger partial charge in [0.25, 0.3) is 0 Å². The first-order valence-corrected chi connectivity index (χ1v) is 5.46. The Labute approximate surface area is 90.8 Å². The Morgan fingerprint density at radius 2 is 2.13 bits per heavy atom. The molecule has 1 aliphatic rings. The van der Waals surface area contributed by atoms with E-state index in [9.17, 15) is 0 Å². The largest absolute Gasteiger partial charge is 0.374 e. The van der Waals surface area contributed by atoms with E-state index < -0.39 is 0 Å². The fourth-order valence-electron chi connectivity index (χ4n) is 1.91. The molecule has 0 radical (unpaired) electrons. The summed E-state index contributed by atoms with van der Waals surface area (Å²) < 4.78 is 5.53. The number of benzene rings is 1. The van der Waals surface area contributed by atoms with Crippen LogP contribution < -0.4 is 5.73 Å². The van der Waals surface area contributed by atoms with E-state index in [1.54, 1.807) is 0 Å². The number of nitrogens with two attached hydrogens (primary N) is 1. The van der Waals surface area contributed by atoms with Crippen molar-refractivity contribution in [2.45, 2.75) is 12.6 Å². The van der Waals surface area contributed by atoms with Gasteiger partial charge in [0.1, 0.15) is 0 Å². The molecule has 1 saturated heterocycles. The second kappa shape index (κ2) is 5.26. The summed E-state index contributed by atoms with van der Waals surface area (Å²) in [5.74, 6) is 0. The first-order valence-electron chi connectivity index (χ1n) is 5.46. The lowest BCUT2D eigenvalue weighted by Crippen LogP contribution is -2.45. The van der Waals surface area contributed by atoms with Crippen molar-refractivity contribution in [3.8, 4) is 0 Å². The Balaban J connectivity index is 1.89. The van der Waals surface area contributed by atoms with Gasteiger partial charge < -0.3 is 10.5 Å². The summed E-state index contributed by atoms with van der Waals surface area (Å²) in [6.07, 6.45) is 0.211. The number of hydrogen-bond acceptors (Lipinski definition) is 3. The van der Waals surface area contributed by atoms with Crippen molar-refractivity contribution >= 4 is 0 Å². The van der Waals surface area contributed by atoms with Crippen LogP contribution in [0.25, 0.3) is 0 Å². The lowest BCUT2D eigenvalue weighted by atomic mass is 10.2. The van der Waals surface area contributed by atoms with Crippen LogP contribution in [0.15, 0.2) is 30.3 Å². The molecule has 2 N–H and O–H groups in total. The molecule has 1 atom stereocenters. The van der Waals surface area contributed by atoms with Crippen molar-refractivity contribution in [2.75, 3.05) is 26.2 Å². The molecule has 1 heterocycles. The molecule has 0 aliphatic carbocycles. The van der Waals surface area contributed by atoms with Crippen LogP contribution in [0.5, 0.6) is 0 Å². The quantitative estimate of drug-likeness (QED) is 0.796. The van der Waals surface area contributed by atoms with E-state index in [-0.39, 0.29) is 6.10 Å². The van der Waals surface area contributed by atoms with Crippen molar-refractivity contribution < 1.29 is 4.74 Å². The zero-order valence-corrected chi connectivity index (χ0v) is 8.93. The molecule has 0 aromatic heterocycles. The summed E-state index contributed by atoms with van der Waals surface area (Å²) in [5, 5.41) is 0. The number of rotatable bonds is 3. The van der Waals surface area contributed by atoms with Crippen LogP contribution in [0.3, 0.4) is 0 Å². The minimum absolute atomic E-state index is 0.211. The first-order chi connectivity index (χ1) is 7.38. The molecule has 0 spiro atoms. The summed E-state index contributed by atoms with van der Waals surface area (Å²) in [6.45, 7) is 4.37. The lowest BCUT2D eigenvalue weighted by molar-refractivity contribution is -0.0260. The Kier molecular flexibility index (Phi) is 3.72. The van der Waals surface area contributed by atoms with E-state index in [1.165, 1.54) is 5.56 Å². The topological polar surface area (TPSA) is 38.5 Å². The maximum absolute atomic E-state index is 5.61. The SMILES string of the molecule is NC[C@H]1CN(Cc2ccccc2)CCO1. The molecule has 1 aliphatic heterocycles. The summed E-state index contributed by atoms with van der Waals surface area (Å²) in [5.41, 5.74) is 6.96. The van der Waals surface area contributed by atoms with E-state index in [0.29, 0.717) is 6.54 Å². The van der Waals surface area contributed by atoms with Crippen molar-refractivity contribution in [3.05, 3.63) is 35.9 Å². The maximum atomic E-state index is 5.61. The van der Waals surface area contributed by atoms with Crippen LogP contribution in [0, 0.1) is 0 Å². The molecule has 82 valence electrons. The zero-order chi connectivity index (χ0) is 10.5. The number of hydrogen-bond donors (Lipinski definition) is 1. The summed E-state index contributed by atoms with van der Waals surface area (Å²) in [6, 6.07) is 10.5. The Hall–Kier alpha value is -0.900. The molecule has 1 aromatic carbocycles. The minimum atomic E-state index is 0.211. The van der Waals surface area contributed by atoms with Gasteiger partial charge in [-0.1, -0.05) is 30.3 Å². The van der Waals surface area contributed by atoms with Gasteiger partial charge in [0.05, 0.1) is 12.7 Å². The van der Waals surface area contributed by atoms with E-state index >= 15 is 0 Å². The molecule has 0 amide bonds. The van der Waals surface area contributed by atoms with E-state index in [4.69, 9.17) is 10.5 Å². The van der Waals surface area contributed by atoms with Crippen LogP contribution in [0.2, 0.25) is 0 Å². The standard InChI is InChI=1S/C12H18N2O/c13-8-12-10-14(6-7-15-12)9-11-4-2-1-3-5-11/h1-5,12H,6-10,13H2/t12-/m0/s1. The van der Waals surface area contributed by atoms with Gasteiger partial charge in [0.15, 0.2) is 0 Å². The predicted molar refractivity (Wildman–Crippen MR) is 60.5 cm³/mol. The van der Waals surface area contributed by atoms with Crippen molar-refractivity contribution in [2.24, 2.45) is 5.73 Å². The van der Waals surface area contributed by atoms with E-state index in [1.807, 2.05) is 6.07 Å². The number of ether oxygens (including phenoxy) is 1. The highest BCUT2D eigenvalue weighted by atomic mass is 16.5. The second-order valence-corrected chi connectivity index (χ2v) is 3.95. The average Bonchev–Trinajstić information content (AvgIpc) is 2.31.